The molecule has 0 spiro atoms. The molecule has 0 unspecified atom stereocenters. The Hall–Kier alpha value is -0.850. The standard InChI is InChI=1S/C34H64N/c1-4-7-10-13-16-18-21-24-27-33-29-31-35(30-26-23-20-15-12-9-6-3)32-34(33)28-25-22-19-17-14-11-8-5-2/h29,31-32H,4-28,30H2,1-3H3/q+1. The molecular weight excluding hydrogens is 422 g/mol. The van der Waals surface area contributed by atoms with Crippen LogP contribution in [0.25, 0.3) is 0 Å². The van der Waals surface area contributed by atoms with Crippen molar-refractivity contribution in [2.45, 2.75) is 188 Å². The number of aromatic nitrogens is 1. The Kier molecular flexibility index (Phi) is 22.8. The normalized spacial score (nSPS) is 11.4. The van der Waals surface area contributed by atoms with Crippen molar-refractivity contribution in [3.8, 4) is 0 Å². The third kappa shape index (κ3) is 19.0. The first-order valence-electron chi connectivity index (χ1n) is 16.3. The predicted octanol–water partition coefficient (Wildman–Crippen LogP) is 11.1. The average Bonchev–Trinajstić information content (AvgIpc) is 2.87. The van der Waals surface area contributed by atoms with Crippen LogP contribution in [0.1, 0.15) is 180 Å². The summed E-state index contributed by atoms with van der Waals surface area (Å²) in [6, 6.07) is 2.47. The number of pyridine rings is 1. The first-order valence-corrected chi connectivity index (χ1v) is 16.3. The van der Waals surface area contributed by atoms with Crippen molar-refractivity contribution >= 4 is 0 Å². The van der Waals surface area contributed by atoms with E-state index in [1.807, 2.05) is 0 Å². The molecule has 0 saturated carbocycles. The molecule has 1 aromatic rings. The number of unbranched alkanes of at least 4 members (excludes halogenated alkanes) is 20. The summed E-state index contributed by atoms with van der Waals surface area (Å²) in [5.74, 6) is 0. The molecule has 204 valence electrons. The highest BCUT2D eigenvalue weighted by Gasteiger charge is 2.10. The lowest BCUT2D eigenvalue weighted by Crippen LogP contribution is -2.34. The van der Waals surface area contributed by atoms with Gasteiger partial charge in [0, 0.05) is 18.1 Å². The Morgan fingerprint density at radius 2 is 0.800 bits per heavy atom. The van der Waals surface area contributed by atoms with Gasteiger partial charge in [-0.25, -0.2) is 4.57 Å². The van der Waals surface area contributed by atoms with Crippen LogP contribution < -0.4 is 4.57 Å². The van der Waals surface area contributed by atoms with Crippen LogP contribution in [0, 0.1) is 0 Å². The minimum absolute atomic E-state index is 1.20. The van der Waals surface area contributed by atoms with E-state index in [2.05, 4.69) is 43.8 Å². The average molecular weight is 487 g/mol. The van der Waals surface area contributed by atoms with Gasteiger partial charge >= 0.3 is 0 Å². The fourth-order valence-electron chi connectivity index (χ4n) is 5.38. The van der Waals surface area contributed by atoms with Crippen LogP contribution in [0.3, 0.4) is 0 Å². The number of aryl methyl sites for hydroxylation is 3. The Balaban J connectivity index is 2.42. The predicted molar refractivity (Wildman–Crippen MR) is 157 cm³/mol. The van der Waals surface area contributed by atoms with Gasteiger partial charge < -0.3 is 0 Å². The van der Waals surface area contributed by atoms with Crippen molar-refractivity contribution in [2.24, 2.45) is 0 Å². The Bertz CT molecular complexity index is 564. The first-order chi connectivity index (χ1) is 17.3. The molecule has 0 saturated heterocycles. The third-order valence-corrected chi connectivity index (χ3v) is 7.82. The molecule has 1 heterocycles. The molecule has 1 rings (SSSR count). The molecule has 1 nitrogen and oxygen atoms in total. The summed E-state index contributed by atoms with van der Waals surface area (Å²) in [4.78, 5) is 0. The summed E-state index contributed by atoms with van der Waals surface area (Å²) >= 11 is 0. The molecule has 0 bridgehead atoms. The number of hydrogen-bond donors (Lipinski definition) is 0. The second kappa shape index (κ2) is 24.8. The molecular formula is C34H64N+. The van der Waals surface area contributed by atoms with E-state index in [1.54, 1.807) is 11.1 Å². The molecule has 0 aromatic carbocycles. The lowest BCUT2D eigenvalue weighted by Gasteiger charge is -2.10. The quantitative estimate of drug-likeness (QED) is 0.0905. The van der Waals surface area contributed by atoms with E-state index in [0.29, 0.717) is 0 Å². The SMILES string of the molecule is CCCCCCCCCCc1cc[n+](CCCCCCCCC)cc1CCCCCCCCCC. The molecule has 0 amide bonds. The van der Waals surface area contributed by atoms with Gasteiger partial charge in [0.05, 0.1) is 0 Å². The zero-order valence-corrected chi connectivity index (χ0v) is 24.6. The van der Waals surface area contributed by atoms with Gasteiger partial charge in [0.25, 0.3) is 0 Å². The highest BCUT2D eigenvalue weighted by molar-refractivity contribution is 5.21. The number of nitrogens with zero attached hydrogens (tertiary/aromatic N) is 1. The molecule has 1 heteroatoms. The summed E-state index contributed by atoms with van der Waals surface area (Å²) in [6.45, 7) is 8.13. The fourth-order valence-corrected chi connectivity index (χ4v) is 5.38. The van der Waals surface area contributed by atoms with E-state index in [4.69, 9.17) is 0 Å². The molecule has 0 atom stereocenters. The zero-order valence-electron chi connectivity index (χ0n) is 24.6. The summed E-state index contributed by atoms with van der Waals surface area (Å²) in [6.07, 6.45) is 39.9. The van der Waals surface area contributed by atoms with E-state index in [-0.39, 0.29) is 0 Å². The minimum atomic E-state index is 1.20. The highest BCUT2D eigenvalue weighted by Crippen LogP contribution is 2.17. The van der Waals surface area contributed by atoms with Gasteiger partial charge in [0.1, 0.15) is 6.54 Å². The number of hydrogen-bond acceptors (Lipinski definition) is 0. The van der Waals surface area contributed by atoms with Crippen molar-refractivity contribution in [2.75, 3.05) is 0 Å². The van der Waals surface area contributed by atoms with Crippen LogP contribution in [0.2, 0.25) is 0 Å². The van der Waals surface area contributed by atoms with Crippen LogP contribution in [-0.4, -0.2) is 0 Å². The molecule has 0 aliphatic carbocycles. The van der Waals surface area contributed by atoms with Gasteiger partial charge in [-0.1, -0.05) is 143 Å². The van der Waals surface area contributed by atoms with E-state index in [1.165, 1.54) is 167 Å². The second-order valence-electron chi connectivity index (χ2n) is 11.3. The van der Waals surface area contributed by atoms with Gasteiger partial charge in [-0.3, -0.25) is 0 Å². The van der Waals surface area contributed by atoms with Gasteiger partial charge in [0.2, 0.25) is 0 Å². The van der Waals surface area contributed by atoms with Crippen molar-refractivity contribution in [1.82, 2.24) is 0 Å². The summed E-state index contributed by atoms with van der Waals surface area (Å²) in [7, 11) is 0. The van der Waals surface area contributed by atoms with E-state index >= 15 is 0 Å². The van der Waals surface area contributed by atoms with E-state index in [0.717, 1.165) is 0 Å². The number of rotatable bonds is 26. The van der Waals surface area contributed by atoms with E-state index in [9.17, 15) is 0 Å². The molecule has 0 N–H and O–H groups in total. The smallest absolute Gasteiger partial charge is 0.172 e. The monoisotopic (exact) mass is 487 g/mol. The fraction of sp³-hybridized carbons (Fsp3) is 0.853. The molecule has 0 aliphatic rings. The molecule has 0 fully saturated rings. The van der Waals surface area contributed by atoms with Crippen LogP contribution in [0.4, 0.5) is 0 Å². The van der Waals surface area contributed by atoms with Gasteiger partial charge in [0.15, 0.2) is 12.4 Å². The van der Waals surface area contributed by atoms with Crippen LogP contribution in [-0.2, 0) is 19.4 Å². The van der Waals surface area contributed by atoms with Crippen LogP contribution >= 0.6 is 0 Å². The Labute approximate surface area is 221 Å². The molecule has 35 heavy (non-hydrogen) atoms. The Morgan fingerprint density at radius 1 is 0.429 bits per heavy atom. The van der Waals surface area contributed by atoms with Gasteiger partial charge in [-0.15, -0.1) is 0 Å². The van der Waals surface area contributed by atoms with Crippen molar-refractivity contribution < 1.29 is 4.57 Å². The lowest BCUT2D eigenvalue weighted by atomic mass is 9.97. The topological polar surface area (TPSA) is 3.88 Å². The lowest BCUT2D eigenvalue weighted by molar-refractivity contribution is -0.697. The second-order valence-corrected chi connectivity index (χ2v) is 11.3. The zero-order chi connectivity index (χ0) is 25.2. The molecule has 0 aliphatic heterocycles. The van der Waals surface area contributed by atoms with Crippen LogP contribution in [0.5, 0.6) is 0 Å². The third-order valence-electron chi connectivity index (χ3n) is 7.82. The van der Waals surface area contributed by atoms with Gasteiger partial charge in [-0.2, -0.15) is 0 Å². The Morgan fingerprint density at radius 3 is 1.26 bits per heavy atom. The van der Waals surface area contributed by atoms with Gasteiger partial charge in [-0.05, 0) is 37.7 Å². The summed E-state index contributed by atoms with van der Waals surface area (Å²) in [5.41, 5.74) is 3.30. The van der Waals surface area contributed by atoms with Crippen LogP contribution in [0.15, 0.2) is 18.5 Å². The molecule has 0 radical (unpaired) electrons. The van der Waals surface area contributed by atoms with E-state index < -0.39 is 0 Å². The van der Waals surface area contributed by atoms with Crippen molar-refractivity contribution in [3.63, 3.8) is 0 Å². The highest BCUT2D eigenvalue weighted by atomic mass is 14.9. The maximum absolute atomic E-state index is 2.53. The van der Waals surface area contributed by atoms with Crippen molar-refractivity contribution in [1.29, 1.82) is 0 Å². The van der Waals surface area contributed by atoms with Crippen molar-refractivity contribution in [3.05, 3.63) is 29.6 Å². The first kappa shape index (κ1) is 32.2. The molecule has 1 aromatic heterocycles. The largest absolute Gasteiger partial charge is 0.205 e. The summed E-state index contributed by atoms with van der Waals surface area (Å²) < 4.78 is 2.50. The minimum Gasteiger partial charge on any atom is -0.205 e. The maximum atomic E-state index is 2.53. The summed E-state index contributed by atoms with van der Waals surface area (Å²) in [5, 5.41) is 0. The maximum Gasteiger partial charge on any atom is 0.172 e.